The van der Waals surface area contributed by atoms with Gasteiger partial charge in [0.05, 0.1) is 27.1 Å². The van der Waals surface area contributed by atoms with E-state index in [4.69, 9.17) is 14.2 Å². The van der Waals surface area contributed by atoms with Gasteiger partial charge in [-0.25, -0.2) is 0 Å². The molecule has 8 nitrogen and oxygen atoms in total. The van der Waals surface area contributed by atoms with E-state index >= 15 is 0 Å². The maximum atomic E-state index is 12.6. The number of hydrogen-bond acceptors (Lipinski definition) is 7. The Kier molecular flexibility index (Phi) is 8.68. The van der Waals surface area contributed by atoms with Crippen molar-refractivity contribution < 1.29 is 19.0 Å². The van der Waals surface area contributed by atoms with Crippen molar-refractivity contribution in [1.82, 2.24) is 14.8 Å². The van der Waals surface area contributed by atoms with E-state index in [1.54, 1.807) is 21.3 Å². The van der Waals surface area contributed by atoms with Crippen LogP contribution in [0, 0.1) is 6.92 Å². The highest BCUT2D eigenvalue weighted by Crippen LogP contribution is 2.41. The van der Waals surface area contributed by atoms with Gasteiger partial charge in [-0.3, -0.25) is 4.79 Å². The van der Waals surface area contributed by atoms with E-state index in [0.717, 1.165) is 23.2 Å². The molecule has 0 aliphatic heterocycles. The predicted octanol–water partition coefficient (Wildman–Crippen LogP) is 5.25. The number of ether oxygens (including phenoxy) is 3. The second kappa shape index (κ2) is 12.3. The summed E-state index contributed by atoms with van der Waals surface area (Å²) in [4.78, 5) is 12.6. The molecule has 0 unspecified atom stereocenters. The summed E-state index contributed by atoms with van der Waals surface area (Å²) in [6, 6.07) is 21.6. The minimum Gasteiger partial charge on any atom is -0.493 e. The highest BCUT2D eigenvalue weighted by molar-refractivity contribution is 7.99. The van der Waals surface area contributed by atoms with E-state index < -0.39 is 0 Å². The molecule has 4 rings (SSSR count). The molecule has 0 saturated heterocycles. The predicted molar refractivity (Wildman–Crippen MR) is 146 cm³/mol. The van der Waals surface area contributed by atoms with Crippen molar-refractivity contribution in [3.05, 3.63) is 77.9 Å². The van der Waals surface area contributed by atoms with E-state index in [-0.39, 0.29) is 11.7 Å². The molecule has 0 atom stereocenters. The van der Waals surface area contributed by atoms with Gasteiger partial charge in [0.2, 0.25) is 11.7 Å². The zero-order chi connectivity index (χ0) is 26.2. The van der Waals surface area contributed by atoms with Crippen LogP contribution in [0.2, 0.25) is 0 Å². The average molecular weight is 519 g/mol. The third kappa shape index (κ3) is 6.42. The molecule has 3 aromatic carbocycles. The van der Waals surface area contributed by atoms with Crippen molar-refractivity contribution in [2.45, 2.75) is 25.0 Å². The largest absolute Gasteiger partial charge is 0.493 e. The molecule has 0 fully saturated rings. The molecule has 1 amide bonds. The third-order valence-corrected chi connectivity index (χ3v) is 6.74. The molecular weight excluding hydrogens is 488 g/mol. The molecule has 9 heteroatoms. The van der Waals surface area contributed by atoms with Gasteiger partial charge in [-0.15, -0.1) is 10.2 Å². The maximum Gasteiger partial charge on any atom is 0.234 e. The number of methoxy groups -OCH3 is 3. The van der Waals surface area contributed by atoms with E-state index in [2.05, 4.69) is 27.6 Å². The minimum atomic E-state index is -0.110. The van der Waals surface area contributed by atoms with E-state index in [1.165, 1.54) is 17.3 Å². The number of rotatable bonds is 11. The van der Waals surface area contributed by atoms with Crippen LogP contribution in [0.5, 0.6) is 17.2 Å². The lowest BCUT2D eigenvalue weighted by molar-refractivity contribution is -0.113. The van der Waals surface area contributed by atoms with Crippen LogP contribution in [0.3, 0.4) is 0 Å². The Balaban J connectivity index is 1.61. The highest BCUT2D eigenvalue weighted by Gasteiger charge is 2.20. The van der Waals surface area contributed by atoms with Gasteiger partial charge < -0.3 is 24.1 Å². The van der Waals surface area contributed by atoms with Crippen molar-refractivity contribution in [3.8, 4) is 28.6 Å². The Labute approximate surface area is 221 Å². The number of anilines is 1. The summed E-state index contributed by atoms with van der Waals surface area (Å²) in [7, 11) is 4.73. The molecular formula is C28H30N4O4S. The topological polar surface area (TPSA) is 87.5 Å². The Hall–Kier alpha value is -3.98. The second-order valence-corrected chi connectivity index (χ2v) is 9.25. The number of aromatic nitrogens is 3. The number of carbonyl (C=O) groups is 1. The van der Waals surface area contributed by atoms with E-state index in [9.17, 15) is 4.79 Å². The van der Waals surface area contributed by atoms with Crippen LogP contribution in [0.1, 0.15) is 11.1 Å². The summed E-state index contributed by atoms with van der Waals surface area (Å²) >= 11 is 1.35. The van der Waals surface area contributed by atoms with Gasteiger partial charge in [0.15, 0.2) is 22.5 Å². The van der Waals surface area contributed by atoms with E-state index in [1.807, 2.05) is 66.1 Å². The van der Waals surface area contributed by atoms with Crippen LogP contribution in [0.25, 0.3) is 11.4 Å². The number of hydrogen-bond donors (Lipinski definition) is 1. The average Bonchev–Trinajstić information content (AvgIpc) is 3.34. The van der Waals surface area contributed by atoms with Crippen LogP contribution in [0.4, 0.5) is 5.69 Å². The zero-order valence-corrected chi connectivity index (χ0v) is 22.2. The standard InChI is InChI=1S/C28H30N4O4S/c1-19-10-12-22(13-11-19)29-25(33)18-37-28-31-30-27(32(28)15-14-20-8-6-5-7-9-20)21-16-23(34-2)26(36-4)24(17-21)35-3/h5-13,16-17H,14-15,18H2,1-4H3,(H,29,33). The third-order valence-electron chi connectivity index (χ3n) is 5.77. The van der Waals surface area contributed by atoms with Crippen molar-refractivity contribution in [2.24, 2.45) is 0 Å². The van der Waals surface area contributed by atoms with Crippen molar-refractivity contribution in [3.63, 3.8) is 0 Å². The Bertz CT molecular complexity index is 1320. The first kappa shape index (κ1) is 26.1. The van der Waals surface area contributed by atoms with Crippen molar-refractivity contribution in [2.75, 3.05) is 32.4 Å². The van der Waals surface area contributed by atoms with Crippen LogP contribution in [0.15, 0.2) is 71.9 Å². The monoisotopic (exact) mass is 518 g/mol. The highest BCUT2D eigenvalue weighted by atomic mass is 32.2. The van der Waals surface area contributed by atoms with Gasteiger partial charge in [-0.2, -0.15) is 0 Å². The number of nitrogens with zero attached hydrogens (tertiary/aromatic N) is 3. The van der Waals surface area contributed by atoms with Gasteiger partial charge in [0.25, 0.3) is 0 Å². The number of amides is 1. The summed E-state index contributed by atoms with van der Waals surface area (Å²) in [6.07, 6.45) is 0.777. The van der Waals surface area contributed by atoms with Gasteiger partial charge in [-0.1, -0.05) is 59.8 Å². The lowest BCUT2D eigenvalue weighted by Crippen LogP contribution is -2.15. The van der Waals surface area contributed by atoms with Gasteiger partial charge in [-0.05, 0) is 43.2 Å². The summed E-state index contributed by atoms with van der Waals surface area (Å²) in [5.41, 5.74) is 3.86. The fourth-order valence-corrected chi connectivity index (χ4v) is 4.63. The number of carbonyl (C=O) groups excluding carboxylic acids is 1. The van der Waals surface area contributed by atoms with Gasteiger partial charge >= 0.3 is 0 Å². The summed E-state index contributed by atoms with van der Waals surface area (Å²) in [5.74, 6) is 2.30. The fourth-order valence-electron chi connectivity index (χ4n) is 3.87. The molecule has 1 N–H and O–H groups in total. The first-order valence-electron chi connectivity index (χ1n) is 11.8. The fraction of sp³-hybridized carbons (Fsp3) is 0.250. The molecule has 37 heavy (non-hydrogen) atoms. The summed E-state index contributed by atoms with van der Waals surface area (Å²) in [6.45, 7) is 2.64. The first-order valence-corrected chi connectivity index (χ1v) is 12.8. The Morgan fingerprint density at radius 2 is 1.59 bits per heavy atom. The maximum absolute atomic E-state index is 12.6. The Morgan fingerprint density at radius 1 is 0.919 bits per heavy atom. The number of thioether (sulfide) groups is 1. The quantitative estimate of drug-likeness (QED) is 0.271. The van der Waals surface area contributed by atoms with Gasteiger partial charge in [0.1, 0.15) is 0 Å². The van der Waals surface area contributed by atoms with Crippen LogP contribution in [-0.4, -0.2) is 47.8 Å². The molecule has 0 radical (unpaired) electrons. The van der Waals surface area contributed by atoms with Crippen molar-refractivity contribution >= 4 is 23.4 Å². The zero-order valence-electron chi connectivity index (χ0n) is 21.4. The molecule has 0 saturated carbocycles. The minimum absolute atomic E-state index is 0.110. The smallest absolute Gasteiger partial charge is 0.234 e. The van der Waals surface area contributed by atoms with Crippen LogP contribution in [-0.2, 0) is 17.8 Å². The lowest BCUT2D eigenvalue weighted by atomic mass is 10.1. The molecule has 1 aromatic heterocycles. The van der Waals surface area contributed by atoms with Gasteiger partial charge in [0, 0.05) is 17.8 Å². The molecule has 0 aliphatic carbocycles. The van der Waals surface area contributed by atoms with Crippen molar-refractivity contribution in [1.29, 1.82) is 0 Å². The molecule has 1 heterocycles. The summed E-state index contributed by atoms with van der Waals surface area (Å²) in [5, 5.41) is 12.5. The molecule has 0 aliphatic rings. The lowest BCUT2D eigenvalue weighted by Gasteiger charge is -2.15. The van der Waals surface area contributed by atoms with Crippen LogP contribution < -0.4 is 19.5 Å². The summed E-state index contributed by atoms with van der Waals surface area (Å²) < 4.78 is 18.6. The normalized spacial score (nSPS) is 10.7. The first-order chi connectivity index (χ1) is 18.0. The molecule has 4 aromatic rings. The van der Waals surface area contributed by atoms with Crippen LogP contribution >= 0.6 is 11.8 Å². The number of benzene rings is 3. The molecule has 192 valence electrons. The second-order valence-electron chi connectivity index (χ2n) is 8.31. The Morgan fingerprint density at radius 3 is 2.22 bits per heavy atom. The molecule has 0 spiro atoms. The molecule has 0 bridgehead atoms. The van der Waals surface area contributed by atoms with E-state index in [0.29, 0.717) is 34.8 Å². The SMILES string of the molecule is COc1cc(-c2nnc(SCC(=O)Nc3ccc(C)cc3)n2CCc2ccccc2)cc(OC)c1OC. The number of nitrogens with one attached hydrogen (secondary N) is 1. The number of aryl methyl sites for hydroxylation is 2.